The SMILES string of the molecule is CCCC(C)c1cc(C)c(-c2cnn(-c3[c-]c(Oc4[c-]c5c(cc4)c4ccccc4n5-c4cc(SC)ccn4)ccc3)c2)c(C)c1.[Pt+2]. The predicted molar refractivity (Wildman–Crippen MR) is 190 cm³/mol. The van der Waals surface area contributed by atoms with Crippen molar-refractivity contribution in [2.75, 3.05) is 6.26 Å². The van der Waals surface area contributed by atoms with Crippen LogP contribution in [0.15, 0.2) is 102 Å². The molecule has 0 aliphatic heterocycles. The minimum atomic E-state index is 0. The number of pyridine rings is 1. The Labute approximate surface area is 295 Å². The first-order valence-electron chi connectivity index (χ1n) is 15.8. The maximum Gasteiger partial charge on any atom is 2.00 e. The third-order valence-corrected chi connectivity index (χ3v) is 9.40. The van der Waals surface area contributed by atoms with E-state index >= 15 is 0 Å². The van der Waals surface area contributed by atoms with Crippen molar-refractivity contribution in [2.45, 2.75) is 51.3 Å². The second-order valence-electron chi connectivity index (χ2n) is 11.9. The molecular formula is C40H36N4OPtS. The number of aryl methyl sites for hydroxylation is 2. The van der Waals surface area contributed by atoms with E-state index in [1.807, 2.05) is 47.4 Å². The zero-order valence-electron chi connectivity index (χ0n) is 27.2. The average Bonchev–Trinajstić information content (AvgIpc) is 3.68. The van der Waals surface area contributed by atoms with Gasteiger partial charge in [-0.2, -0.15) is 17.2 Å². The summed E-state index contributed by atoms with van der Waals surface area (Å²) in [6.07, 6.45) is 10.3. The molecule has 3 heterocycles. The molecule has 3 aromatic heterocycles. The molecule has 0 radical (unpaired) electrons. The van der Waals surface area contributed by atoms with Gasteiger partial charge in [0.2, 0.25) is 0 Å². The molecule has 0 amide bonds. The Hall–Kier alpha value is -4.12. The first-order valence-corrected chi connectivity index (χ1v) is 17.0. The van der Waals surface area contributed by atoms with Crippen molar-refractivity contribution >= 4 is 33.6 Å². The fourth-order valence-electron chi connectivity index (χ4n) is 6.49. The van der Waals surface area contributed by atoms with Crippen molar-refractivity contribution in [1.82, 2.24) is 19.3 Å². The van der Waals surface area contributed by atoms with Crippen LogP contribution in [0, 0.1) is 26.0 Å². The zero-order chi connectivity index (χ0) is 31.8. The third kappa shape index (κ3) is 6.42. The van der Waals surface area contributed by atoms with E-state index in [2.05, 4.69) is 105 Å². The summed E-state index contributed by atoms with van der Waals surface area (Å²) in [7, 11) is 0. The minimum absolute atomic E-state index is 0. The van der Waals surface area contributed by atoms with Gasteiger partial charge < -0.3 is 9.30 Å². The molecule has 0 aliphatic carbocycles. The van der Waals surface area contributed by atoms with E-state index in [-0.39, 0.29) is 21.1 Å². The van der Waals surface area contributed by atoms with Crippen LogP contribution in [0.25, 0.3) is 44.4 Å². The quantitative estimate of drug-likeness (QED) is 0.108. The molecule has 0 bridgehead atoms. The molecule has 0 saturated carbocycles. The Balaban J connectivity index is 0.00000386. The molecule has 5 nitrogen and oxygen atoms in total. The van der Waals surface area contributed by atoms with Crippen LogP contribution < -0.4 is 4.74 Å². The van der Waals surface area contributed by atoms with Crippen molar-refractivity contribution < 1.29 is 25.8 Å². The van der Waals surface area contributed by atoms with Crippen LogP contribution in [0.5, 0.6) is 11.5 Å². The molecule has 0 N–H and O–H groups in total. The van der Waals surface area contributed by atoms with E-state index in [0.29, 0.717) is 17.4 Å². The molecule has 47 heavy (non-hydrogen) atoms. The smallest absolute Gasteiger partial charge is 0.509 e. The molecule has 4 aromatic carbocycles. The van der Waals surface area contributed by atoms with Gasteiger partial charge in [0.1, 0.15) is 5.82 Å². The third-order valence-electron chi connectivity index (χ3n) is 8.68. The van der Waals surface area contributed by atoms with Gasteiger partial charge in [-0.3, -0.25) is 4.68 Å². The molecule has 7 rings (SSSR count). The van der Waals surface area contributed by atoms with Gasteiger partial charge in [-0.15, -0.1) is 47.5 Å². The Morgan fingerprint density at radius 2 is 1.68 bits per heavy atom. The largest absolute Gasteiger partial charge is 2.00 e. The predicted octanol–water partition coefficient (Wildman–Crippen LogP) is 10.7. The number of benzene rings is 4. The van der Waals surface area contributed by atoms with Gasteiger partial charge in [-0.05, 0) is 84.0 Å². The summed E-state index contributed by atoms with van der Waals surface area (Å²) in [4.78, 5) is 5.87. The second-order valence-corrected chi connectivity index (χ2v) is 12.8. The number of para-hydroxylation sites is 1. The monoisotopic (exact) mass is 815 g/mol. The standard InChI is InChI=1S/C40H36N4OS.Pt/c1-6-10-26(2)29-19-27(3)40(28(4)20-29)30-24-42-43(25-30)31-11-9-12-32(21-31)45-33-15-16-36-35-13-7-8-14-37(35)44(38(36)22-33)39-23-34(46-5)17-18-41-39;/h7-9,11-20,23-26H,6,10H2,1-5H3;/q-2;+2. The topological polar surface area (TPSA) is 44.9 Å². The number of aromatic nitrogens is 4. The first kappa shape index (κ1) is 32.8. The summed E-state index contributed by atoms with van der Waals surface area (Å²) in [5.74, 6) is 2.61. The summed E-state index contributed by atoms with van der Waals surface area (Å²) >= 11 is 1.70. The van der Waals surface area contributed by atoms with Crippen molar-refractivity contribution in [1.29, 1.82) is 0 Å². The van der Waals surface area contributed by atoms with Crippen LogP contribution in [0.1, 0.15) is 49.3 Å². The van der Waals surface area contributed by atoms with Gasteiger partial charge in [0, 0.05) is 39.9 Å². The molecule has 7 heteroatoms. The Bertz CT molecular complexity index is 2180. The van der Waals surface area contributed by atoms with Gasteiger partial charge in [0.05, 0.1) is 6.20 Å². The zero-order valence-corrected chi connectivity index (χ0v) is 30.2. The fourth-order valence-corrected chi connectivity index (χ4v) is 6.91. The van der Waals surface area contributed by atoms with Gasteiger partial charge in [0.15, 0.2) is 0 Å². The molecule has 0 fully saturated rings. The van der Waals surface area contributed by atoms with Gasteiger partial charge in [-0.1, -0.05) is 56.1 Å². The van der Waals surface area contributed by atoms with E-state index in [9.17, 15) is 0 Å². The van der Waals surface area contributed by atoms with Crippen LogP contribution in [0.4, 0.5) is 0 Å². The minimum Gasteiger partial charge on any atom is -0.509 e. The van der Waals surface area contributed by atoms with Crippen LogP contribution in [-0.2, 0) is 21.1 Å². The summed E-state index contributed by atoms with van der Waals surface area (Å²) in [6.45, 7) is 8.96. The number of thioether (sulfide) groups is 1. The summed E-state index contributed by atoms with van der Waals surface area (Å²) < 4.78 is 10.4. The fraction of sp³-hybridized carbons (Fsp3) is 0.200. The Morgan fingerprint density at radius 1 is 0.894 bits per heavy atom. The van der Waals surface area contributed by atoms with E-state index in [0.717, 1.165) is 43.8 Å². The molecule has 0 saturated heterocycles. The van der Waals surface area contributed by atoms with E-state index in [4.69, 9.17) is 14.8 Å². The molecule has 7 aromatic rings. The van der Waals surface area contributed by atoms with Crippen molar-refractivity contribution in [3.05, 3.63) is 126 Å². The van der Waals surface area contributed by atoms with Crippen LogP contribution >= 0.6 is 11.8 Å². The van der Waals surface area contributed by atoms with Crippen molar-refractivity contribution in [2.24, 2.45) is 0 Å². The second kappa shape index (κ2) is 13.9. The number of rotatable bonds is 9. The number of nitrogens with zero attached hydrogens (tertiary/aromatic N) is 4. The Morgan fingerprint density at radius 3 is 2.47 bits per heavy atom. The van der Waals surface area contributed by atoms with E-state index in [1.54, 1.807) is 11.8 Å². The maximum atomic E-state index is 6.38. The maximum absolute atomic E-state index is 6.38. The number of ether oxygens (including phenoxy) is 1. The molecule has 0 aliphatic rings. The van der Waals surface area contributed by atoms with Gasteiger partial charge >= 0.3 is 21.1 Å². The molecule has 1 atom stereocenters. The van der Waals surface area contributed by atoms with Crippen LogP contribution in [-0.4, -0.2) is 25.6 Å². The van der Waals surface area contributed by atoms with Crippen LogP contribution in [0.2, 0.25) is 0 Å². The summed E-state index contributed by atoms with van der Waals surface area (Å²) in [5.41, 5.74) is 9.09. The van der Waals surface area contributed by atoms with E-state index in [1.165, 1.54) is 35.1 Å². The molecule has 1 unspecified atom stereocenters. The number of fused-ring (bicyclic) bond motifs is 3. The first-order chi connectivity index (χ1) is 22.4. The van der Waals surface area contributed by atoms with Crippen LogP contribution in [0.3, 0.4) is 0 Å². The van der Waals surface area contributed by atoms with Crippen molar-refractivity contribution in [3.63, 3.8) is 0 Å². The molecule has 0 spiro atoms. The molecule has 238 valence electrons. The van der Waals surface area contributed by atoms with Gasteiger partial charge in [-0.25, -0.2) is 4.98 Å². The molecular weight excluding hydrogens is 780 g/mol. The number of hydrogen-bond donors (Lipinski definition) is 0. The normalized spacial score (nSPS) is 11.9. The Kier molecular flexibility index (Phi) is 9.72. The van der Waals surface area contributed by atoms with Crippen molar-refractivity contribution in [3.8, 4) is 34.1 Å². The summed E-state index contributed by atoms with van der Waals surface area (Å²) in [5, 5.41) is 6.96. The number of hydrogen-bond acceptors (Lipinski definition) is 4. The summed E-state index contributed by atoms with van der Waals surface area (Å²) in [6, 6.07) is 34.1. The average molecular weight is 816 g/mol. The van der Waals surface area contributed by atoms with E-state index < -0.39 is 0 Å². The van der Waals surface area contributed by atoms with Gasteiger partial charge in [0.25, 0.3) is 0 Å².